The molecule has 1 aromatic heterocycles. The standard InChI is InChI=1S/C13H25N5O/c1-6-13(7-2,18(3)4)11(17-14)10-12(19-5)16-9-8-15-10/h8-9,11,17H,6-7,14H2,1-5H3. The van der Waals surface area contributed by atoms with E-state index < -0.39 is 0 Å². The van der Waals surface area contributed by atoms with Gasteiger partial charge in [0.05, 0.1) is 13.2 Å². The molecule has 0 aliphatic rings. The van der Waals surface area contributed by atoms with E-state index in [0.29, 0.717) is 5.88 Å². The van der Waals surface area contributed by atoms with Crippen molar-refractivity contribution in [1.29, 1.82) is 0 Å². The maximum Gasteiger partial charge on any atom is 0.237 e. The zero-order valence-electron chi connectivity index (χ0n) is 12.5. The molecule has 0 amide bonds. The number of likely N-dealkylation sites (N-methyl/N-ethyl adjacent to an activating group) is 1. The first-order valence-electron chi connectivity index (χ1n) is 6.55. The van der Waals surface area contributed by atoms with E-state index in [4.69, 9.17) is 10.6 Å². The lowest BCUT2D eigenvalue weighted by Gasteiger charge is -2.44. The highest BCUT2D eigenvalue weighted by Gasteiger charge is 2.40. The van der Waals surface area contributed by atoms with Gasteiger partial charge in [0.25, 0.3) is 0 Å². The van der Waals surface area contributed by atoms with Crippen LogP contribution in [0.15, 0.2) is 12.4 Å². The van der Waals surface area contributed by atoms with Crippen molar-refractivity contribution < 1.29 is 4.74 Å². The van der Waals surface area contributed by atoms with E-state index in [0.717, 1.165) is 18.5 Å². The average Bonchev–Trinajstić information content (AvgIpc) is 2.44. The molecule has 19 heavy (non-hydrogen) atoms. The van der Waals surface area contributed by atoms with Crippen LogP contribution in [0.5, 0.6) is 5.88 Å². The Balaban J connectivity index is 3.31. The van der Waals surface area contributed by atoms with Gasteiger partial charge in [0.1, 0.15) is 5.69 Å². The van der Waals surface area contributed by atoms with E-state index in [9.17, 15) is 0 Å². The van der Waals surface area contributed by atoms with E-state index in [1.54, 1.807) is 19.5 Å². The average molecular weight is 267 g/mol. The Morgan fingerprint density at radius 2 is 1.89 bits per heavy atom. The van der Waals surface area contributed by atoms with Crippen LogP contribution in [0.1, 0.15) is 38.4 Å². The monoisotopic (exact) mass is 267 g/mol. The number of ether oxygens (including phenoxy) is 1. The van der Waals surface area contributed by atoms with Crippen LogP contribution in [0.25, 0.3) is 0 Å². The third-order valence-corrected chi connectivity index (χ3v) is 3.98. The summed E-state index contributed by atoms with van der Waals surface area (Å²) in [5.74, 6) is 6.32. The molecule has 0 fully saturated rings. The maximum atomic E-state index is 5.80. The van der Waals surface area contributed by atoms with Crippen LogP contribution in [0.2, 0.25) is 0 Å². The number of nitrogens with zero attached hydrogens (tertiary/aromatic N) is 3. The zero-order valence-corrected chi connectivity index (χ0v) is 12.5. The Morgan fingerprint density at radius 1 is 1.32 bits per heavy atom. The second-order valence-corrected chi connectivity index (χ2v) is 4.76. The first kappa shape index (κ1) is 15.8. The molecule has 1 atom stereocenters. The van der Waals surface area contributed by atoms with Crippen molar-refractivity contribution in [3.05, 3.63) is 18.1 Å². The molecule has 0 saturated heterocycles. The van der Waals surface area contributed by atoms with Gasteiger partial charge < -0.3 is 9.64 Å². The molecule has 1 heterocycles. The van der Waals surface area contributed by atoms with Gasteiger partial charge in [-0.25, -0.2) is 10.4 Å². The highest BCUT2D eigenvalue weighted by Crippen LogP contribution is 2.37. The van der Waals surface area contributed by atoms with Crippen LogP contribution in [-0.4, -0.2) is 41.6 Å². The minimum atomic E-state index is -0.152. The first-order chi connectivity index (χ1) is 9.07. The number of nitrogens with two attached hydrogens (primary N) is 1. The van der Waals surface area contributed by atoms with Crippen molar-refractivity contribution in [3.8, 4) is 5.88 Å². The summed E-state index contributed by atoms with van der Waals surface area (Å²) in [7, 11) is 5.71. The summed E-state index contributed by atoms with van der Waals surface area (Å²) in [6.45, 7) is 4.30. The Morgan fingerprint density at radius 3 is 2.32 bits per heavy atom. The number of hydrogen-bond acceptors (Lipinski definition) is 6. The molecular weight excluding hydrogens is 242 g/mol. The maximum absolute atomic E-state index is 5.80. The van der Waals surface area contributed by atoms with Crippen LogP contribution in [0.3, 0.4) is 0 Å². The summed E-state index contributed by atoms with van der Waals surface area (Å²) in [4.78, 5) is 10.8. The van der Waals surface area contributed by atoms with Crippen molar-refractivity contribution in [2.24, 2.45) is 5.84 Å². The number of nitrogens with one attached hydrogen (secondary N) is 1. The van der Waals surface area contributed by atoms with Gasteiger partial charge in [-0.3, -0.25) is 10.8 Å². The zero-order chi connectivity index (χ0) is 14.5. The van der Waals surface area contributed by atoms with E-state index in [1.807, 2.05) is 0 Å². The minimum Gasteiger partial charge on any atom is -0.480 e. The smallest absolute Gasteiger partial charge is 0.237 e. The van der Waals surface area contributed by atoms with E-state index in [-0.39, 0.29) is 11.6 Å². The molecule has 6 nitrogen and oxygen atoms in total. The highest BCUT2D eigenvalue weighted by atomic mass is 16.5. The topological polar surface area (TPSA) is 76.3 Å². The molecular formula is C13H25N5O. The molecule has 6 heteroatoms. The van der Waals surface area contributed by atoms with Gasteiger partial charge in [0.15, 0.2) is 0 Å². The highest BCUT2D eigenvalue weighted by molar-refractivity contribution is 5.25. The summed E-state index contributed by atoms with van der Waals surface area (Å²) in [5, 5.41) is 0. The largest absolute Gasteiger partial charge is 0.480 e. The predicted molar refractivity (Wildman–Crippen MR) is 75.6 cm³/mol. The predicted octanol–water partition coefficient (Wildman–Crippen LogP) is 1.11. The van der Waals surface area contributed by atoms with E-state index >= 15 is 0 Å². The fourth-order valence-corrected chi connectivity index (χ4v) is 2.73. The van der Waals surface area contributed by atoms with Crippen LogP contribution in [0.4, 0.5) is 0 Å². The molecule has 3 N–H and O–H groups in total. The molecule has 1 rings (SSSR count). The second kappa shape index (κ2) is 6.79. The quantitative estimate of drug-likeness (QED) is 0.569. The summed E-state index contributed by atoms with van der Waals surface area (Å²) in [6, 6.07) is -0.152. The molecule has 108 valence electrons. The molecule has 0 aliphatic heterocycles. The molecule has 1 aromatic rings. The molecule has 1 unspecified atom stereocenters. The molecule has 0 saturated carbocycles. The third-order valence-electron chi connectivity index (χ3n) is 3.98. The first-order valence-corrected chi connectivity index (χ1v) is 6.55. The van der Waals surface area contributed by atoms with Crippen LogP contribution in [-0.2, 0) is 0 Å². The normalized spacial score (nSPS) is 13.6. The fourth-order valence-electron chi connectivity index (χ4n) is 2.73. The molecule has 0 radical (unpaired) electrons. The Labute approximate surface area is 115 Å². The molecule has 0 bridgehead atoms. The summed E-state index contributed by atoms with van der Waals surface area (Å²) >= 11 is 0. The van der Waals surface area contributed by atoms with Crippen LogP contribution in [0, 0.1) is 0 Å². The van der Waals surface area contributed by atoms with Gasteiger partial charge in [-0.1, -0.05) is 13.8 Å². The van der Waals surface area contributed by atoms with Gasteiger partial charge in [-0.05, 0) is 26.9 Å². The van der Waals surface area contributed by atoms with Crippen LogP contribution < -0.4 is 16.0 Å². The minimum absolute atomic E-state index is 0.141. The summed E-state index contributed by atoms with van der Waals surface area (Å²) in [5.41, 5.74) is 3.49. The Bertz CT molecular complexity index is 392. The van der Waals surface area contributed by atoms with E-state index in [2.05, 4.69) is 48.2 Å². The summed E-state index contributed by atoms with van der Waals surface area (Å²) in [6.07, 6.45) is 5.15. The Hall–Kier alpha value is -1.24. The van der Waals surface area contributed by atoms with Gasteiger partial charge in [-0.2, -0.15) is 0 Å². The van der Waals surface area contributed by atoms with Crippen LogP contribution >= 0.6 is 0 Å². The lowest BCUT2D eigenvalue weighted by Crippen LogP contribution is -2.55. The SMILES string of the molecule is CCC(CC)(C(NN)c1nccnc1OC)N(C)C. The number of hydrazine groups is 1. The second-order valence-electron chi connectivity index (χ2n) is 4.76. The third kappa shape index (κ3) is 2.86. The van der Waals surface area contributed by atoms with Gasteiger partial charge in [-0.15, -0.1) is 0 Å². The van der Waals surface area contributed by atoms with Gasteiger partial charge in [0, 0.05) is 17.9 Å². The lowest BCUT2D eigenvalue weighted by molar-refractivity contribution is 0.0846. The van der Waals surface area contributed by atoms with Crippen molar-refractivity contribution in [2.75, 3.05) is 21.2 Å². The fraction of sp³-hybridized carbons (Fsp3) is 0.692. The van der Waals surface area contributed by atoms with Crippen molar-refractivity contribution in [1.82, 2.24) is 20.3 Å². The van der Waals surface area contributed by atoms with Crippen molar-refractivity contribution in [3.63, 3.8) is 0 Å². The Kier molecular flexibility index (Phi) is 5.65. The van der Waals surface area contributed by atoms with E-state index in [1.165, 1.54) is 0 Å². The summed E-state index contributed by atoms with van der Waals surface area (Å²) < 4.78 is 5.30. The molecule has 0 spiro atoms. The number of hydrogen-bond donors (Lipinski definition) is 2. The number of rotatable bonds is 7. The lowest BCUT2D eigenvalue weighted by atomic mass is 9.81. The molecule has 0 aromatic carbocycles. The van der Waals surface area contributed by atoms with Crippen molar-refractivity contribution in [2.45, 2.75) is 38.3 Å². The van der Waals surface area contributed by atoms with Gasteiger partial charge in [0.2, 0.25) is 5.88 Å². The van der Waals surface area contributed by atoms with Gasteiger partial charge >= 0.3 is 0 Å². The number of aromatic nitrogens is 2. The van der Waals surface area contributed by atoms with Crippen molar-refractivity contribution >= 4 is 0 Å². The number of methoxy groups -OCH3 is 1. The molecule has 0 aliphatic carbocycles.